The van der Waals surface area contributed by atoms with Crippen LogP contribution in [0.1, 0.15) is 29.8 Å². The Morgan fingerprint density at radius 3 is 2.79 bits per heavy atom. The molecule has 0 saturated carbocycles. The number of fused-ring (bicyclic) bond motifs is 1. The molecule has 0 radical (unpaired) electrons. The molecule has 3 aromatic rings. The van der Waals surface area contributed by atoms with Crippen LogP contribution in [0.2, 0.25) is 5.02 Å². The molecule has 4 rings (SSSR count). The van der Waals surface area contributed by atoms with Gasteiger partial charge in [-0.2, -0.15) is 0 Å². The molecule has 2 aromatic carbocycles. The maximum absolute atomic E-state index is 13.9. The number of urea groups is 1. The quantitative estimate of drug-likeness (QED) is 0.361. The van der Waals surface area contributed by atoms with Crippen LogP contribution in [0, 0.1) is 5.82 Å². The van der Waals surface area contributed by atoms with Crippen molar-refractivity contribution in [3.05, 3.63) is 82.2 Å². The molecule has 2 unspecified atom stereocenters. The Labute approximate surface area is 209 Å². The number of carbonyl (C=O) groups is 2. The minimum Gasteiger partial charge on any atom is -0.341 e. The lowest BCUT2D eigenvalue weighted by Crippen LogP contribution is -2.53. The number of nitrogens with one attached hydrogen (secondary N) is 3. The summed E-state index contributed by atoms with van der Waals surface area (Å²) >= 11 is 13.7. The molecule has 2 atom stereocenters. The molecule has 1 aliphatic carbocycles. The monoisotopic (exact) mass is 518 g/mol. The summed E-state index contributed by atoms with van der Waals surface area (Å²) in [6.45, 7) is 3.74. The van der Waals surface area contributed by atoms with Crippen molar-refractivity contribution in [2.75, 3.05) is 5.32 Å². The Hall–Kier alpha value is -2.94. The Morgan fingerprint density at radius 2 is 2.06 bits per heavy atom. The number of amides is 3. The maximum Gasteiger partial charge on any atom is 0.321 e. The smallest absolute Gasteiger partial charge is 0.321 e. The van der Waals surface area contributed by atoms with Crippen LogP contribution >= 0.6 is 34.5 Å². The number of halogens is 3. The fourth-order valence-corrected chi connectivity index (χ4v) is 4.93. The van der Waals surface area contributed by atoms with E-state index < -0.39 is 17.4 Å². The van der Waals surface area contributed by atoms with Gasteiger partial charge < -0.3 is 10.6 Å². The Balaban J connectivity index is 1.44. The van der Waals surface area contributed by atoms with Crippen molar-refractivity contribution in [2.24, 2.45) is 0 Å². The van der Waals surface area contributed by atoms with Gasteiger partial charge in [0.25, 0.3) is 5.91 Å². The number of hydrogen-bond donors (Lipinski definition) is 3. The number of rotatable bonds is 5. The molecule has 3 N–H and O–H groups in total. The molecule has 176 valence electrons. The topological polar surface area (TPSA) is 83.1 Å². The summed E-state index contributed by atoms with van der Waals surface area (Å²) in [5.41, 5.74) is 1.53. The lowest BCUT2D eigenvalue weighted by molar-refractivity contribution is 0.0920. The average molecular weight is 519 g/mol. The third kappa shape index (κ3) is 4.94. The molecule has 0 saturated heterocycles. The van der Waals surface area contributed by atoms with Gasteiger partial charge in [0, 0.05) is 22.7 Å². The van der Waals surface area contributed by atoms with Crippen LogP contribution in [0.25, 0.3) is 10.2 Å². The number of aromatic nitrogens is 1. The zero-order valence-corrected chi connectivity index (χ0v) is 20.6. The van der Waals surface area contributed by atoms with Crippen LogP contribution in [0.5, 0.6) is 0 Å². The summed E-state index contributed by atoms with van der Waals surface area (Å²) in [6.07, 6.45) is 5.64. The van der Waals surface area contributed by atoms with Gasteiger partial charge in [-0.25, -0.2) is 14.2 Å². The second-order valence-corrected chi connectivity index (χ2v) is 9.91. The standard InChI is InChI=1S/C24H21Cl2FN4O2S/c1-13-5-3-8-20(26)24(13,2)31-21(32)14-9-10-18-19(11-14)34-23(29-18)30-22(33)28-12-15-16(25)6-4-7-17(15)27/h3-11,20H,12H2,1-2H3,(H,31,32)(H2,28,29,30,33). The number of carbonyl (C=O) groups excluding carboxylic acids is 2. The van der Waals surface area contributed by atoms with Gasteiger partial charge in [-0.15, -0.1) is 11.6 Å². The predicted octanol–water partition coefficient (Wildman–Crippen LogP) is 6.02. The van der Waals surface area contributed by atoms with Gasteiger partial charge in [-0.3, -0.25) is 10.1 Å². The van der Waals surface area contributed by atoms with Crippen LogP contribution < -0.4 is 16.0 Å². The summed E-state index contributed by atoms with van der Waals surface area (Å²) in [5.74, 6) is -0.761. The number of nitrogens with zero attached hydrogens (tertiary/aromatic N) is 1. The minimum absolute atomic E-state index is 0.0735. The molecule has 1 aromatic heterocycles. The van der Waals surface area contributed by atoms with Crippen molar-refractivity contribution in [1.82, 2.24) is 15.6 Å². The highest BCUT2D eigenvalue weighted by atomic mass is 35.5. The normalized spacial score (nSPS) is 19.6. The van der Waals surface area contributed by atoms with E-state index in [-0.39, 0.29) is 28.4 Å². The number of allylic oxidation sites excluding steroid dienone is 2. The maximum atomic E-state index is 13.9. The SMILES string of the molecule is CC1=CC=CC(Cl)C1(C)NC(=O)c1ccc2nc(NC(=O)NCc3c(F)cccc3Cl)sc2c1. The van der Waals surface area contributed by atoms with Crippen LogP contribution in [-0.2, 0) is 6.54 Å². The Morgan fingerprint density at radius 1 is 1.26 bits per heavy atom. The van der Waals surface area contributed by atoms with Crippen molar-refractivity contribution in [2.45, 2.75) is 31.3 Å². The summed E-state index contributed by atoms with van der Waals surface area (Å²) in [4.78, 5) is 29.6. The molecular weight excluding hydrogens is 498 g/mol. The summed E-state index contributed by atoms with van der Waals surface area (Å²) < 4.78 is 14.6. The molecule has 34 heavy (non-hydrogen) atoms. The molecule has 0 spiro atoms. The lowest BCUT2D eigenvalue weighted by atomic mass is 9.85. The first-order valence-electron chi connectivity index (χ1n) is 10.4. The Bertz CT molecular complexity index is 1320. The highest BCUT2D eigenvalue weighted by Crippen LogP contribution is 2.31. The van der Waals surface area contributed by atoms with E-state index in [1.165, 1.54) is 23.5 Å². The van der Waals surface area contributed by atoms with Crippen molar-refractivity contribution in [3.63, 3.8) is 0 Å². The predicted molar refractivity (Wildman–Crippen MR) is 135 cm³/mol. The minimum atomic E-state index is -0.706. The van der Waals surface area contributed by atoms with Crippen LogP contribution in [0.3, 0.4) is 0 Å². The van der Waals surface area contributed by atoms with Gasteiger partial charge in [0.1, 0.15) is 5.82 Å². The summed E-state index contributed by atoms with van der Waals surface area (Å²) in [5, 5.41) is 8.43. The summed E-state index contributed by atoms with van der Waals surface area (Å²) in [6, 6.07) is 8.88. The number of benzene rings is 2. The van der Waals surface area contributed by atoms with Crippen LogP contribution in [0.15, 0.2) is 60.2 Å². The second kappa shape index (κ2) is 9.74. The molecule has 6 nitrogen and oxygen atoms in total. The van der Waals surface area contributed by atoms with Crippen molar-refractivity contribution < 1.29 is 14.0 Å². The fraction of sp³-hybridized carbons (Fsp3) is 0.208. The third-order valence-electron chi connectivity index (χ3n) is 5.73. The Kier molecular flexibility index (Phi) is 6.93. The van der Waals surface area contributed by atoms with E-state index in [9.17, 15) is 14.0 Å². The zero-order valence-electron chi connectivity index (χ0n) is 18.3. The van der Waals surface area contributed by atoms with Crippen LogP contribution in [0.4, 0.5) is 14.3 Å². The molecule has 10 heteroatoms. The van der Waals surface area contributed by atoms with Gasteiger partial charge in [0.15, 0.2) is 5.13 Å². The molecular formula is C24H21Cl2FN4O2S. The van der Waals surface area contributed by atoms with Gasteiger partial charge >= 0.3 is 6.03 Å². The van der Waals surface area contributed by atoms with E-state index in [4.69, 9.17) is 23.2 Å². The van der Waals surface area contributed by atoms with Gasteiger partial charge in [-0.1, -0.05) is 47.2 Å². The van der Waals surface area contributed by atoms with Crippen molar-refractivity contribution >= 4 is 61.8 Å². The third-order valence-corrected chi connectivity index (χ3v) is 7.60. The van der Waals surface area contributed by atoms with E-state index in [2.05, 4.69) is 20.9 Å². The first-order chi connectivity index (χ1) is 16.2. The summed E-state index contributed by atoms with van der Waals surface area (Å²) in [7, 11) is 0. The zero-order chi connectivity index (χ0) is 24.5. The molecule has 3 amide bonds. The fourth-order valence-electron chi connectivity index (χ4n) is 3.49. The largest absolute Gasteiger partial charge is 0.341 e. The van der Waals surface area contributed by atoms with Gasteiger partial charge in [0.2, 0.25) is 0 Å². The van der Waals surface area contributed by atoms with E-state index in [0.717, 1.165) is 10.3 Å². The highest BCUT2D eigenvalue weighted by molar-refractivity contribution is 7.22. The number of thiazole rings is 1. The van der Waals surface area contributed by atoms with Gasteiger partial charge in [-0.05, 0) is 49.8 Å². The highest BCUT2D eigenvalue weighted by Gasteiger charge is 2.36. The average Bonchev–Trinajstić information content (AvgIpc) is 3.18. The van der Waals surface area contributed by atoms with Gasteiger partial charge in [0.05, 0.1) is 21.1 Å². The van der Waals surface area contributed by atoms with E-state index in [0.29, 0.717) is 16.2 Å². The lowest BCUT2D eigenvalue weighted by Gasteiger charge is -2.36. The van der Waals surface area contributed by atoms with E-state index >= 15 is 0 Å². The first-order valence-corrected chi connectivity index (χ1v) is 12.0. The first kappa shape index (κ1) is 24.2. The second-order valence-electron chi connectivity index (χ2n) is 8.00. The molecule has 0 fully saturated rings. The number of anilines is 1. The molecule has 1 aliphatic rings. The van der Waals surface area contributed by atoms with E-state index in [1.54, 1.807) is 24.3 Å². The van der Waals surface area contributed by atoms with E-state index in [1.807, 2.05) is 32.1 Å². The molecule has 0 bridgehead atoms. The molecule has 1 heterocycles. The van der Waals surface area contributed by atoms with Crippen LogP contribution in [-0.4, -0.2) is 27.8 Å². The van der Waals surface area contributed by atoms with Crippen molar-refractivity contribution in [1.29, 1.82) is 0 Å². The number of alkyl halides is 1. The number of hydrogen-bond acceptors (Lipinski definition) is 4. The van der Waals surface area contributed by atoms with Crippen molar-refractivity contribution in [3.8, 4) is 0 Å². The molecule has 0 aliphatic heterocycles.